The number of carbonyl (C=O) groups is 1. The molecule has 1 fully saturated rings. The number of rotatable bonds is 3. The number of carbonyl (C=O) groups excluding carboxylic acids is 1. The summed E-state index contributed by atoms with van der Waals surface area (Å²) in [7, 11) is 0. The van der Waals surface area contributed by atoms with Gasteiger partial charge >= 0.3 is 6.18 Å². The van der Waals surface area contributed by atoms with Crippen LogP contribution in [-0.4, -0.2) is 16.9 Å². The predicted octanol–water partition coefficient (Wildman–Crippen LogP) is 3.72. The third-order valence-electron chi connectivity index (χ3n) is 3.10. The van der Waals surface area contributed by atoms with Crippen LogP contribution in [0.4, 0.5) is 13.2 Å². The second-order valence-corrected chi connectivity index (χ2v) is 5.88. The van der Waals surface area contributed by atoms with Crippen molar-refractivity contribution in [3.63, 3.8) is 0 Å². The van der Waals surface area contributed by atoms with Gasteiger partial charge in [-0.2, -0.15) is 13.2 Å². The molecule has 0 spiro atoms. The molecule has 21 heavy (non-hydrogen) atoms. The highest BCUT2D eigenvalue weighted by Gasteiger charge is 2.30. The van der Waals surface area contributed by atoms with Gasteiger partial charge in [-0.15, -0.1) is 11.3 Å². The van der Waals surface area contributed by atoms with E-state index in [4.69, 9.17) is 0 Å². The molecule has 0 saturated heterocycles. The zero-order chi connectivity index (χ0) is 15.0. The first-order chi connectivity index (χ1) is 9.93. The normalized spacial score (nSPS) is 15.0. The van der Waals surface area contributed by atoms with Crippen LogP contribution in [0.25, 0.3) is 10.6 Å². The number of hydrogen-bond donors (Lipinski definition) is 1. The van der Waals surface area contributed by atoms with Gasteiger partial charge in [-0.05, 0) is 25.0 Å². The summed E-state index contributed by atoms with van der Waals surface area (Å²) >= 11 is 1.17. The summed E-state index contributed by atoms with van der Waals surface area (Å²) in [6.45, 7) is 0. The van der Waals surface area contributed by atoms with E-state index >= 15 is 0 Å². The summed E-state index contributed by atoms with van der Waals surface area (Å²) in [6.07, 6.45) is -0.904. The van der Waals surface area contributed by atoms with Crippen LogP contribution < -0.4 is 5.32 Å². The van der Waals surface area contributed by atoms with Gasteiger partial charge in [-0.25, -0.2) is 4.98 Å². The third kappa shape index (κ3) is 3.24. The maximum atomic E-state index is 12.5. The van der Waals surface area contributed by atoms with Crippen molar-refractivity contribution in [2.75, 3.05) is 0 Å². The van der Waals surface area contributed by atoms with Crippen molar-refractivity contribution in [1.29, 1.82) is 0 Å². The Morgan fingerprint density at radius 3 is 2.48 bits per heavy atom. The fraction of sp³-hybridized carbons (Fsp3) is 0.286. The maximum absolute atomic E-state index is 12.5. The molecule has 1 N–H and O–H groups in total. The van der Waals surface area contributed by atoms with Gasteiger partial charge < -0.3 is 5.32 Å². The Labute approximate surface area is 122 Å². The van der Waals surface area contributed by atoms with Crippen molar-refractivity contribution in [3.05, 3.63) is 40.9 Å². The molecule has 2 aromatic rings. The molecule has 0 aliphatic heterocycles. The van der Waals surface area contributed by atoms with Crippen molar-refractivity contribution in [2.24, 2.45) is 0 Å². The van der Waals surface area contributed by atoms with Crippen LogP contribution >= 0.6 is 11.3 Å². The monoisotopic (exact) mass is 312 g/mol. The summed E-state index contributed by atoms with van der Waals surface area (Å²) in [6, 6.07) is 5.02. The minimum Gasteiger partial charge on any atom is -0.349 e. The summed E-state index contributed by atoms with van der Waals surface area (Å²) in [5.41, 5.74) is -0.132. The molecule has 3 nitrogen and oxygen atoms in total. The summed E-state index contributed by atoms with van der Waals surface area (Å²) in [5, 5.41) is 3.38. The topological polar surface area (TPSA) is 42.0 Å². The van der Waals surface area contributed by atoms with E-state index in [1.54, 1.807) is 0 Å². The minimum atomic E-state index is -4.35. The summed E-state index contributed by atoms with van der Waals surface area (Å²) in [5.74, 6) is -0.173. The van der Waals surface area contributed by atoms with E-state index in [-0.39, 0.29) is 11.9 Å². The number of thiazole rings is 1. The number of hydrogen-bond acceptors (Lipinski definition) is 3. The molecular formula is C14H11F3N2OS. The van der Waals surface area contributed by atoms with Gasteiger partial charge in [-0.1, -0.05) is 12.1 Å². The lowest BCUT2D eigenvalue weighted by atomic mass is 10.1. The van der Waals surface area contributed by atoms with E-state index in [1.807, 2.05) is 0 Å². The molecule has 1 aliphatic rings. The van der Waals surface area contributed by atoms with Crippen LogP contribution in [0.15, 0.2) is 30.5 Å². The van der Waals surface area contributed by atoms with E-state index in [1.165, 1.54) is 29.7 Å². The smallest absolute Gasteiger partial charge is 0.349 e. The average molecular weight is 312 g/mol. The molecule has 110 valence electrons. The zero-order valence-electron chi connectivity index (χ0n) is 10.8. The fourth-order valence-electron chi connectivity index (χ4n) is 1.80. The Kier molecular flexibility index (Phi) is 3.44. The highest BCUT2D eigenvalue weighted by atomic mass is 32.1. The van der Waals surface area contributed by atoms with Crippen LogP contribution in [0.2, 0.25) is 0 Å². The molecule has 1 saturated carbocycles. The van der Waals surface area contributed by atoms with E-state index in [9.17, 15) is 18.0 Å². The summed E-state index contributed by atoms with van der Waals surface area (Å²) in [4.78, 5) is 16.4. The molecule has 0 atom stereocenters. The third-order valence-corrected chi connectivity index (χ3v) is 4.15. The molecule has 1 aliphatic carbocycles. The van der Waals surface area contributed by atoms with Crippen molar-refractivity contribution in [2.45, 2.75) is 25.1 Å². The average Bonchev–Trinajstić information content (AvgIpc) is 3.11. The lowest BCUT2D eigenvalue weighted by Crippen LogP contribution is -2.24. The number of halogens is 3. The molecule has 0 radical (unpaired) electrons. The number of amides is 1. The first-order valence-electron chi connectivity index (χ1n) is 6.38. The van der Waals surface area contributed by atoms with E-state index in [0.29, 0.717) is 15.4 Å². The number of nitrogens with zero attached hydrogens (tertiary/aromatic N) is 1. The minimum absolute atomic E-state index is 0.173. The van der Waals surface area contributed by atoms with Crippen molar-refractivity contribution in [3.8, 4) is 10.6 Å². The van der Waals surface area contributed by atoms with Gasteiger partial charge in [0.05, 0.1) is 11.8 Å². The highest BCUT2D eigenvalue weighted by Crippen LogP contribution is 2.32. The predicted molar refractivity (Wildman–Crippen MR) is 73.0 cm³/mol. The van der Waals surface area contributed by atoms with Crippen LogP contribution in [-0.2, 0) is 6.18 Å². The number of benzene rings is 1. The lowest BCUT2D eigenvalue weighted by molar-refractivity contribution is -0.137. The molecule has 1 aromatic heterocycles. The molecule has 7 heteroatoms. The molecule has 0 unspecified atom stereocenters. The Hall–Kier alpha value is -1.89. The first kappa shape index (κ1) is 14.1. The lowest BCUT2D eigenvalue weighted by Gasteiger charge is -2.06. The van der Waals surface area contributed by atoms with Gasteiger partial charge in [0, 0.05) is 11.6 Å². The molecule has 1 heterocycles. The standard InChI is InChI=1S/C14H11F3N2OS/c15-14(16,17)9-3-1-8(2-4-9)13-18-7-11(21-13)12(20)19-10-5-6-10/h1-4,7,10H,5-6H2,(H,19,20). The Morgan fingerprint density at radius 2 is 1.90 bits per heavy atom. The molecule has 1 amide bonds. The van der Waals surface area contributed by atoms with E-state index in [0.717, 1.165) is 25.0 Å². The zero-order valence-corrected chi connectivity index (χ0v) is 11.6. The Morgan fingerprint density at radius 1 is 1.24 bits per heavy atom. The number of nitrogens with one attached hydrogen (secondary N) is 1. The van der Waals surface area contributed by atoms with Crippen molar-refractivity contribution < 1.29 is 18.0 Å². The largest absolute Gasteiger partial charge is 0.416 e. The van der Waals surface area contributed by atoms with Gasteiger partial charge in [0.25, 0.3) is 5.91 Å². The maximum Gasteiger partial charge on any atom is 0.416 e. The van der Waals surface area contributed by atoms with Gasteiger partial charge in [0.15, 0.2) is 0 Å². The second-order valence-electron chi connectivity index (χ2n) is 4.85. The summed E-state index contributed by atoms with van der Waals surface area (Å²) < 4.78 is 37.5. The first-order valence-corrected chi connectivity index (χ1v) is 7.19. The van der Waals surface area contributed by atoms with Crippen LogP contribution in [0.1, 0.15) is 28.1 Å². The molecule has 0 bridgehead atoms. The van der Waals surface area contributed by atoms with E-state index in [2.05, 4.69) is 10.3 Å². The van der Waals surface area contributed by atoms with E-state index < -0.39 is 11.7 Å². The quantitative estimate of drug-likeness (QED) is 0.938. The van der Waals surface area contributed by atoms with Gasteiger partial charge in [0.2, 0.25) is 0 Å². The van der Waals surface area contributed by atoms with Crippen molar-refractivity contribution in [1.82, 2.24) is 10.3 Å². The number of alkyl halides is 3. The van der Waals surface area contributed by atoms with Crippen molar-refractivity contribution >= 4 is 17.2 Å². The fourth-order valence-corrected chi connectivity index (χ4v) is 2.62. The molecule has 1 aromatic carbocycles. The Bertz CT molecular complexity index is 660. The molecule has 3 rings (SSSR count). The highest BCUT2D eigenvalue weighted by molar-refractivity contribution is 7.16. The van der Waals surface area contributed by atoms with Gasteiger partial charge in [0.1, 0.15) is 9.88 Å². The van der Waals surface area contributed by atoms with Crippen LogP contribution in [0, 0.1) is 0 Å². The Balaban J connectivity index is 1.77. The SMILES string of the molecule is O=C(NC1CC1)c1cnc(-c2ccc(C(F)(F)F)cc2)s1. The molecular weight excluding hydrogens is 301 g/mol. The second kappa shape index (κ2) is 5.14. The van der Waals surface area contributed by atoms with Crippen LogP contribution in [0.5, 0.6) is 0 Å². The van der Waals surface area contributed by atoms with Gasteiger partial charge in [-0.3, -0.25) is 4.79 Å². The number of aromatic nitrogens is 1. The van der Waals surface area contributed by atoms with Crippen LogP contribution in [0.3, 0.4) is 0 Å².